The van der Waals surface area contributed by atoms with Crippen molar-refractivity contribution in [1.29, 1.82) is 0 Å². The van der Waals surface area contributed by atoms with E-state index in [0.717, 1.165) is 12.0 Å². The van der Waals surface area contributed by atoms with Crippen molar-refractivity contribution in [3.05, 3.63) is 35.4 Å². The lowest BCUT2D eigenvalue weighted by Crippen LogP contribution is -2.56. The van der Waals surface area contributed by atoms with Gasteiger partial charge in [-0.1, -0.05) is 36.8 Å². The fraction of sp³-hybridized carbons (Fsp3) is 0.562. The molecule has 0 saturated carbocycles. The third-order valence-corrected chi connectivity index (χ3v) is 4.15. The molecule has 0 bridgehead atoms. The number of nitrogens with zero attached hydrogens (tertiary/aromatic N) is 1. The van der Waals surface area contributed by atoms with Gasteiger partial charge in [-0.2, -0.15) is 0 Å². The fourth-order valence-corrected chi connectivity index (χ4v) is 2.87. The van der Waals surface area contributed by atoms with E-state index in [9.17, 15) is 4.79 Å². The van der Waals surface area contributed by atoms with Gasteiger partial charge in [0, 0.05) is 12.6 Å². The summed E-state index contributed by atoms with van der Waals surface area (Å²) in [5, 5.41) is 0. The Balaban J connectivity index is 2.34. The van der Waals surface area contributed by atoms with Crippen molar-refractivity contribution in [2.75, 3.05) is 19.8 Å². The van der Waals surface area contributed by atoms with Crippen LogP contribution in [0.1, 0.15) is 30.5 Å². The Morgan fingerprint density at radius 2 is 2.10 bits per heavy atom. The predicted octanol–water partition coefficient (Wildman–Crippen LogP) is 0.960. The Labute approximate surface area is 126 Å². The first-order valence-corrected chi connectivity index (χ1v) is 7.49. The molecule has 3 unspecified atom stereocenters. The van der Waals surface area contributed by atoms with Crippen LogP contribution in [0, 0.1) is 6.92 Å². The number of morpholine rings is 1. The van der Waals surface area contributed by atoms with E-state index < -0.39 is 6.04 Å². The second kappa shape index (κ2) is 7.02. The van der Waals surface area contributed by atoms with Gasteiger partial charge in [0.15, 0.2) is 0 Å². The van der Waals surface area contributed by atoms with E-state index in [1.807, 2.05) is 0 Å². The van der Waals surface area contributed by atoms with Crippen LogP contribution in [-0.2, 0) is 9.53 Å². The number of hydrogen-bond acceptors (Lipinski definition) is 4. The van der Waals surface area contributed by atoms with E-state index in [4.69, 9.17) is 16.2 Å². The molecule has 0 aliphatic carbocycles. The normalized spacial score (nSPS) is 22.7. The Kier molecular flexibility index (Phi) is 5.33. The van der Waals surface area contributed by atoms with Crippen molar-refractivity contribution in [2.24, 2.45) is 11.5 Å². The van der Waals surface area contributed by atoms with Gasteiger partial charge in [0.2, 0.25) is 5.91 Å². The minimum Gasteiger partial charge on any atom is -0.378 e. The first-order chi connectivity index (χ1) is 10.0. The molecule has 3 atom stereocenters. The monoisotopic (exact) mass is 291 g/mol. The number of primary amides is 1. The van der Waals surface area contributed by atoms with E-state index in [1.165, 1.54) is 5.56 Å². The smallest absolute Gasteiger partial charge is 0.237 e. The standard InChI is InChI=1S/C16H25N3O2/c1-3-13(17)15(12-6-4-11(2)5-7-12)19-8-9-21-10-14(19)16(18)20/h4-7,13-15H,3,8-10,17H2,1-2H3,(H2,18,20). The highest BCUT2D eigenvalue weighted by atomic mass is 16.5. The third-order valence-electron chi connectivity index (χ3n) is 4.15. The second-order valence-electron chi connectivity index (χ2n) is 5.66. The van der Waals surface area contributed by atoms with Crippen LogP contribution in [0.15, 0.2) is 24.3 Å². The third kappa shape index (κ3) is 3.61. The summed E-state index contributed by atoms with van der Waals surface area (Å²) in [4.78, 5) is 13.8. The van der Waals surface area contributed by atoms with Crippen LogP contribution in [0.4, 0.5) is 0 Å². The Hall–Kier alpha value is -1.43. The molecular formula is C16H25N3O2. The van der Waals surface area contributed by atoms with Gasteiger partial charge in [0.25, 0.3) is 0 Å². The molecule has 1 amide bonds. The summed E-state index contributed by atoms with van der Waals surface area (Å²) in [5.74, 6) is -0.352. The molecule has 1 aliphatic rings. The number of nitrogens with two attached hydrogens (primary N) is 2. The zero-order chi connectivity index (χ0) is 15.4. The van der Waals surface area contributed by atoms with E-state index in [-0.39, 0.29) is 18.0 Å². The molecule has 0 radical (unpaired) electrons. The van der Waals surface area contributed by atoms with E-state index >= 15 is 0 Å². The number of aryl methyl sites for hydroxylation is 1. The van der Waals surface area contributed by atoms with Crippen molar-refractivity contribution in [1.82, 2.24) is 4.90 Å². The summed E-state index contributed by atoms with van der Waals surface area (Å²) in [6, 6.07) is 7.84. The Morgan fingerprint density at radius 3 is 2.67 bits per heavy atom. The van der Waals surface area contributed by atoms with Gasteiger partial charge in [-0.15, -0.1) is 0 Å². The zero-order valence-corrected chi connectivity index (χ0v) is 12.8. The molecule has 5 nitrogen and oxygen atoms in total. The maximum atomic E-state index is 11.7. The summed E-state index contributed by atoms with van der Waals surface area (Å²) in [6.45, 7) is 5.72. The molecule has 2 rings (SSSR count). The van der Waals surface area contributed by atoms with Crippen LogP contribution in [0.5, 0.6) is 0 Å². The Morgan fingerprint density at radius 1 is 1.43 bits per heavy atom. The van der Waals surface area contributed by atoms with Crippen molar-refractivity contribution in [2.45, 2.75) is 38.4 Å². The van der Waals surface area contributed by atoms with E-state index in [0.29, 0.717) is 19.8 Å². The number of carbonyl (C=O) groups is 1. The predicted molar refractivity (Wildman–Crippen MR) is 82.7 cm³/mol. The van der Waals surface area contributed by atoms with Gasteiger partial charge in [0.05, 0.1) is 19.3 Å². The lowest BCUT2D eigenvalue weighted by atomic mass is 9.93. The largest absolute Gasteiger partial charge is 0.378 e. The average Bonchev–Trinajstić information content (AvgIpc) is 2.49. The highest BCUT2D eigenvalue weighted by Crippen LogP contribution is 2.28. The van der Waals surface area contributed by atoms with Crippen LogP contribution in [-0.4, -0.2) is 42.6 Å². The molecule has 1 aliphatic heterocycles. The molecule has 0 spiro atoms. The highest BCUT2D eigenvalue weighted by Gasteiger charge is 2.36. The molecule has 1 saturated heterocycles. The van der Waals surface area contributed by atoms with Crippen LogP contribution in [0.2, 0.25) is 0 Å². The van der Waals surface area contributed by atoms with Gasteiger partial charge in [0.1, 0.15) is 6.04 Å². The van der Waals surface area contributed by atoms with Gasteiger partial charge >= 0.3 is 0 Å². The average molecular weight is 291 g/mol. The maximum Gasteiger partial charge on any atom is 0.237 e. The maximum absolute atomic E-state index is 11.7. The minimum absolute atomic E-state index is 0.0167. The number of benzene rings is 1. The van der Waals surface area contributed by atoms with Gasteiger partial charge in [-0.25, -0.2) is 0 Å². The topological polar surface area (TPSA) is 81.6 Å². The van der Waals surface area contributed by atoms with Gasteiger partial charge < -0.3 is 16.2 Å². The molecule has 21 heavy (non-hydrogen) atoms. The minimum atomic E-state index is -0.414. The lowest BCUT2D eigenvalue weighted by molar-refractivity contribution is -0.132. The zero-order valence-electron chi connectivity index (χ0n) is 12.8. The van der Waals surface area contributed by atoms with E-state index in [1.54, 1.807) is 0 Å². The van der Waals surface area contributed by atoms with Crippen molar-refractivity contribution >= 4 is 5.91 Å². The van der Waals surface area contributed by atoms with Crippen LogP contribution < -0.4 is 11.5 Å². The number of amides is 1. The van der Waals surface area contributed by atoms with Crippen LogP contribution in [0.3, 0.4) is 0 Å². The summed E-state index contributed by atoms with van der Waals surface area (Å²) in [5.41, 5.74) is 14.2. The summed E-state index contributed by atoms with van der Waals surface area (Å²) in [7, 11) is 0. The lowest BCUT2D eigenvalue weighted by Gasteiger charge is -2.42. The van der Waals surface area contributed by atoms with Gasteiger partial charge in [-0.3, -0.25) is 9.69 Å². The number of rotatable bonds is 5. The molecule has 1 heterocycles. The molecule has 116 valence electrons. The molecule has 0 aromatic heterocycles. The molecule has 4 N–H and O–H groups in total. The molecule has 1 fully saturated rings. The summed E-state index contributed by atoms with van der Waals surface area (Å²) >= 11 is 0. The molecule has 1 aromatic carbocycles. The fourth-order valence-electron chi connectivity index (χ4n) is 2.87. The quantitative estimate of drug-likeness (QED) is 0.846. The first kappa shape index (κ1) is 15.9. The number of ether oxygens (including phenoxy) is 1. The second-order valence-corrected chi connectivity index (χ2v) is 5.66. The molecular weight excluding hydrogens is 266 g/mol. The summed E-state index contributed by atoms with van der Waals surface area (Å²) in [6.07, 6.45) is 0.835. The molecule has 5 heteroatoms. The van der Waals surface area contributed by atoms with Crippen LogP contribution in [0.25, 0.3) is 0 Å². The van der Waals surface area contributed by atoms with E-state index in [2.05, 4.69) is 43.0 Å². The van der Waals surface area contributed by atoms with Crippen LogP contribution >= 0.6 is 0 Å². The van der Waals surface area contributed by atoms with Crippen molar-refractivity contribution in [3.63, 3.8) is 0 Å². The SMILES string of the molecule is CCC(N)C(c1ccc(C)cc1)N1CCOCC1C(N)=O. The Bertz CT molecular complexity index is 475. The van der Waals surface area contributed by atoms with Crippen molar-refractivity contribution in [3.8, 4) is 0 Å². The first-order valence-electron chi connectivity index (χ1n) is 7.49. The number of carbonyl (C=O) groups excluding carboxylic acids is 1. The number of hydrogen-bond donors (Lipinski definition) is 2. The molecule has 1 aromatic rings. The van der Waals surface area contributed by atoms with Gasteiger partial charge in [-0.05, 0) is 18.9 Å². The van der Waals surface area contributed by atoms with Crippen molar-refractivity contribution < 1.29 is 9.53 Å². The summed E-state index contributed by atoms with van der Waals surface area (Å²) < 4.78 is 5.41. The highest BCUT2D eigenvalue weighted by molar-refractivity contribution is 5.80.